The quantitative estimate of drug-likeness (QED) is 0.910. The van der Waals surface area contributed by atoms with Crippen molar-refractivity contribution in [3.05, 3.63) is 35.1 Å². The molecule has 1 atom stereocenters. The molecular formula is C15H20FNO2. The molecule has 19 heavy (non-hydrogen) atoms. The van der Waals surface area contributed by atoms with Crippen LogP contribution in [0.15, 0.2) is 18.2 Å². The molecule has 2 rings (SSSR count). The van der Waals surface area contributed by atoms with Gasteiger partial charge in [-0.3, -0.25) is 4.79 Å². The molecule has 1 N–H and O–H groups in total. The van der Waals surface area contributed by atoms with E-state index in [1.54, 1.807) is 19.1 Å². The van der Waals surface area contributed by atoms with Crippen LogP contribution in [0.25, 0.3) is 0 Å². The number of nitrogens with zero attached hydrogens (tertiary/aromatic N) is 1. The Bertz CT molecular complexity index is 455. The van der Waals surface area contributed by atoms with Crippen molar-refractivity contribution in [3.63, 3.8) is 0 Å². The molecule has 1 unspecified atom stereocenters. The first-order chi connectivity index (χ1) is 9.08. The Morgan fingerprint density at radius 2 is 2.05 bits per heavy atom. The number of rotatable bonds is 4. The number of halogens is 1. The normalized spacial score (nSPS) is 18.2. The van der Waals surface area contributed by atoms with E-state index in [2.05, 4.69) is 4.90 Å². The maximum atomic E-state index is 13.3. The molecule has 1 aliphatic rings. The summed E-state index contributed by atoms with van der Waals surface area (Å²) in [6.07, 6.45) is 3.49. The predicted molar refractivity (Wildman–Crippen MR) is 71.8 cm³/mol. The molecule has 0 aliphatic carbocycles. The molecule has 0 bridgehead atoms. The minimum absolute atomic E-state index is 0.286. The van der Waals surface area contributed by atoms with Crippen molar-refractivity contribution in [1.29, 1.82) is 0 Å². The lowest BCUT2D eigenvalue weighted by Gasteiger charge is -2.29. The van der Waals surface area contributed by atoms with Gasteiger partial charge in [0.2, 0.25) is 0 Å². The van der Waals surface area contributed by atoms with Crippen molar-refractivity contribution in [2.45, 2.75) is 32.1 Å². The van der Waals surface area contributed by atoms with Crippen LogP contribution in [0.1, 0.15) is 36.3 Å². The van der Waals surface area contributed by atoms with Crippen LogP contribution in [-0.2, 0) is 4.79 Å². The first-order valence-corrected chi connectivity index (χ1v) is 6.79. The molecule has 1 heterocycles. The van der Waals surface area contributed by atoms with Crippen LogP contribution in [0.4, 0.5) is 4.39 Å². The van der Waals surface area contributed by atoms with Crippen LogP contribution in [0.3, 0.4) is 0 Å². The van der Waals surface area contributed by atoms with E-state index >= 15 is 0 Å². The largest absolute Gasteiger partial charge is 0.481 e. The lowest BCUT2D eigenvalue weighted by molar-refractivity contribution is -0.139. The Labute approximate surface area is 113 Å². The van der Waals surface area contributed by atoms with E-state index in [9.17, 15) is 14.3 Å². The van der Waals surface area contributed by atoms with Gasteiger partial charge in [-0.1, -0.05) is 18.6 Å². The number of hydrogen-bond acceptors (Lipinski definition) is 2. The zero-order chi connectivity index (χ0) is 13.8. The van der Waals surface area contributed by atoms with Gasteiger partial charge in [-0.2, -0.15) is 0 Å². The Morgan fingerprint density at radius 1 is 1.37 bits per heavy atom. The molecular weight excluding hydrogens is 245 g/mol. The number of hydrogen-bond donors (Lipinski definition) is 1. The van der Waals surface area contributed by atoms with Crippen LogP contribution < -0.4 is 0 Å². The number of aliphatic carboxylic acids is 1. The number of likely N-dealkylation sites (tertiary alicyclic amines) is 1. The summed E-state index contributed by atoms with van der Waals surface area (Å²) in [5, 5.41) is 9.40. The minimum Gasteiger partial charge on any atom is -0.481 e. The first-order valence-electron chi connectivity index (χ1n) is 6.79. The average Bonchev–Trinajstić information content (AvgIpc) is 2.40. The fourth-order valence-corrected chi connectivity index (χ4v) is 2.61. The summed E-state index contributed by atoms with van der Waals surface area (Å²) in [5.74, 6) is -1.69. The SMILES string of the molecule is Cc1cc(C(CN2CCCCC2)C(=O)O)ccc1F. The van der Waals surface area contributed by atoms with Crippen molar-refractivity contribution < 1.29 is 14.3 Å². The van der Waals surface area contributed by atoms with E-state index in [1.807, 2.05) is 0 Å². The summed E-state index contributed by atoms with van der Waals surface area (Å²) in [4.78, 5) is 13.6. The van der Waals surface area contributed by atoms with Crippen LogP contribution >= 0.6 is 0 Å². The second kappa shape index (κ2) is 6.15. The second-order valence-corrected chi connectivity index (χ2v) is 5.26. The van der Waals surface area contributed by atoms with E-state index in [1.165, 1.54) is 12.5 Å². The molecule has 3 nitrogen and oxygen atoms in total. The second-order valence-electron chi connectivity index (χ2n) is 5.26. The third-order valence-corrected chi connectivity index (χ3v) is 3.77. The highest BCUT2D eigenvalue weighted by Crippen LogP contribution is 2.22. The summed E-state index contributed by atoms with van der Waals surface area (Å²) >= 11 is 0. The third kappa shape index (κ3) is 3.53. The molecule has 1 aliphatic heterocycles. The first kappa shape index (κ1) is 14.0. The summed E-state index contributed by atoms with van der Waals surface area (Å²) in [6, 6.07) is 4.60. The van der Waals surface area contributed by atoms with E-state index in [0.717, 1.165) is 25.9 Å². The third-order valence-electron chi connectivity index (χ3n) is 3.77. The molecule has 1 saturated heterocycles. The highest BCUT2D eigenvalue weighted by atomic mass is 19.1. The molecule has 4 heteroatoms. The molecule has 0 radical (unpaired) electrons. The van der Waals surface area contributed by atoms with Gasteiger partial charge in [-0.05, 0) is 50.0 Å². The van der Waals surface area contributed by atoms with Crippen LogP contribution in [-0.4, -0.2) is 35.6 Å². The zero-order valence-corrected chi connectivity index (χ0v) is 11.2. The summed E-state index contributed by atoms with van der Waals surface area (Å²) < 4.78 is 13.3. The fraction of sp³-hybridized carbons (Fsp3) is 0.533. The summed E-state index contributed by atoms with van der Waals surface area (Å²) in [7, 11) is 0. The minimum atomic E-state index is -0.836. The van der Waals surface area contributed by atoms with Crippen LogP contribution in [0, 0.1) is 12.7 Å². The van der Waals surface area contributed by atoms with Gasteiger partial charge in [-0.15, -0.1) is 0 Å². The monoisotopic (exact) mass is 265 g/mol. The average molecular weight is 265 g/mol. The molecule has 1 aromatic rings. The highest BCUT2D eigenvalue weighted by Gasteiger charge is 2.24. The highest BCUT2D eigenvalue weighted by molar-refractivity contribution is 5.76. The Morgan fingerprint density at radius 3 is 2.63 bits per heavy atom. The van der Waals surface area contributed by atoms with Gasteiger partial charge in [0, 0.05) is 6.54 Å². The summed E-state index contributed by atoms with van der Waals surface area (Å²) in [5.41, 5.74) is 1.19. The van der Waals surface area contributed by atoms with Gasteiger partial charge >= 0.3 is 5.97 Å². The van der Waals surface area contributed by atoms with Crippen molar-refractivity contribution in [2.75, 3.05) is 19.6 Å². The fourth-order valence-electron chi connectivity index (χ4n) is 2.61. The maximum absolute atomic E-state index is 13.3. The molecule has 0 saturated carbocycles. The number of aryl methyl sites for hydroxylation is 1. The number of carboxylic acid groups (broad SMARTS) is 1. The molecule has 1 fully saturated rings. The summed E-state index contributed by atoms with van der Waals surface area (Å²) in [6.45, 7) is 4.10. The van der Waals surface area contributed by atoms with Gasteiger partial charge < -0.3 is 10.0 Å². The molecule has 0 aromatic heterocycles. The van der Waals surface area contributed by atoms with Crippen molar-refractivity contribution in [1.82, 2.24) is 4.90 Å². The number of carbonyl (C=O) groups is 1. The number of benzene rings is 1. The van der Waals surface area contributed by atoms with Gasteiger partial charge in [0.15, 0.2) is 0 Å². The van der Waals surface area contributed by atoms with Gasteiger partial charge in [-0.25, -0.2) is 4.39 Å². The van der Waals surface area contributed by atoms with E-state index in [4.69, 9.17) is 0 Å². The van der Waals surface area contributed by atoms with E-state index in [-0.39, 0.29) is 5.82 Å². The lowest BCUT2D eigenvalue weighted by Crippen LogP contribution is -2.35. The van der Waals surface area contributed by atoms with Crippen LogP contribution in [0.5, 0.6) is 0 Å². The predicted octanol–water partition coefficient (Wildman–Crippen LogP) is 2.79. The van der Waals surface area contributed by atoms with Crippen molar-refractivity contribution in [3.8, 4) is 0 Å². The van der Waals surface area contributed by atoms with Crippen LogP contribution in [0.2, 0.25) is 0 Å². The van der Waals surface area contributed by atoms with Gasteiger partial charge in [0.25, 0.3) is 0 Å². The zero-order valence-electron chi connectivity index (χ0n) is 11.2. The molecule has 104 valence electrons. The van der Waals surface area contributed by atoms with Crippen molar-refractivity contribution >= 4 is 5.97 Å². The molecule has 1 aromatic carbocycles. The Hall–Kier alpha value is -1.42. The van der Waals surface area contributed by atoms with E-state index in [0.29, 0.717) is 17.7 Å². The lowest BCUT2D eigenvalue weighted by atomic mass is 9.96. The smallest absolute Gasteiger partial charge is 0.312 e. The van der Waals surface area contributed by atoms with Gasteiger partial charge in [0.1, 0.15) is 5.82 Å². The molecule has 0 amide bonds. The maximum Gasteiger partial charge on any atom is 0.312 e. The Balaban J connectivity index is 2.14. The Kier molecular flexibility index (Phi) is 4.53. The molecule has 0 spiro atoms. The number of piperidine rings is 1. The van der Waals surface area contributed by atoms with Crippen molar-refractivity contribution in [2.24, 2.45) is 0 Å². The van der Waals surface area contributed by atoms with E-state index < -0.39 is 11.9 Å². The van der Waals surface area contributed by atoms with Gasteiger partial charge in [0.05, 0.1) is 5.92 Å². The standard InChI is InChI=1S/C15H20FNO2/c1-11-9-12(5-6-14(11)16)13(15(18)19)10-17-7-3-2-4-8-17/h5-6,9,13H,2-4,7-8,10H2,1H3,(H,18,19). The number of carboxylic acids is 1. The topological polar surface area (TPSA) is 40.5 Å².